The highest BCUT2D eigenvalue weighted by Gasteiger charge is 2.21. The number of aromatic nitrogens is 2. The minimum Gasteiger partial charge on any atom is -0.497 e. The van der Waals surface area contributed by atoms with Gasteiger partial charge < -0.3 is 24.2 Å². The maximum atomic E-state index is 5.73. The molecule has 1 aromatic carbocycles. The number of aliphatic imine (C=N–C) groups is 1. The Morgan fingerprint density at radius 3 is 2.65 bits per heavy atom. The average molecular weight is 430 g/mol. The molecule has 1 N–H and O–H groups in total. The van der Waals surface area contributed by atoms with Crippen molar-refractivity contribution in [1.29, 1.82) is 0 Å². The summed E-state index contributed by atoms with van der Waals surface area (Å²) in [5.41, 5.74) is 0.927. The van der Waals surface area contributed by atoms with Crippen LogP contribution in [0.25, 0.3) is 11.4 Å². The Hall–Kier alpha value is -2.61. The van der Waals surface area contributed by atoms with E-state index in [1.54, 1.807) is 7.11 Å². The molecule has 0 atom stereocenters. The minimum atomic E-state index is 0.397. The standard InChI is InChI=1S/C23H35N5O3/c1-4-30-20-13-16-28(17-14-20)23(24-2)25-15-7-5-6-8-21-26-22(27-31-21)18-9-11-19(29-3)12-10-18/h9-12,20H,4-8,13-17H2,1-3H3,(H,24,25). The van der Waals surface area contributed by atoms with E-state index in [2.05, 4.69) is 32.3 Å². The van der Waals surface area contributed by atoms with Gasteiger partial charge in [-0.1, -0.05) is 11.6 Å². The molecule has 1 fully saturated rings. The molecule has 2 aromatic rings. The summed E-state index contributed by atoms with van der Waals surface area (Å²) < 4.78 is 16.3. The molecule has 0 unspecified atom stereocenters. The molecule has 0 radical (unpaired) electrons. The van der Waals surface area contributed by atoms with Crippen LogP contribution in [0.5, 0.6) is 5.75 Å². The maximum absolute atomic E-state index is 5.73. The number of rotatable bonds is 10. The molecule has 31 heavy (non-hydrogen) atoms. The van der Waals surface area contributed by atoms with Gasteiger partial charge in [0, 0.05) is 45.3 Å². The fourth-order valence-electron chi connectivity index (χ4n) is 3.79. The second-order valence-corrected chi connectivity index (χ2v) is 7.67. The number of likely N-dealkylation sites (tertiary alicyclic amines) is 1. The lowest BCUT2D eigenvalue weighted by Gasteiger charge is -2.34. The van der Waals surface area contributed by atoms with Crippen molar-refractivity contribution < 1.29 is 14.0 Å². The van der Waals surface area contributed by atoms with E-state index in [4.69, 9.17) is 14.0 Å². The van der Waals surface area contributed by atoms with Gasteiger partial charge in [-0.25, -0.2) is 0 Å². The number of hydrogen-bond acceptors (Lipinski definition) is 6. The van der Waals surface area contributed by atoms with E-state index in [-0.39, 0.29) is 0 Å². The number of unbranched alkanes of at least 4 members (excludes halogenated alkanes) is 2. The number of nitrogens with zero attached hydrogens (tertiary/aromatic N) is 4. The number of hydrogen-bond donors (Lipinski definition) is 1. The van der Waals surface area contributed by atoms with Gasteiger partial charge >= 0.3 is 0 Å². The molecule has 0 amide bonds. The van der Waals surface area contributed by atoms with Gasteiger partial charge in [-0.05, 0) is 56.9 Å². The third-order valence-electron chi connectivity index (χ3n) is 5.52. The Morgan fingerprint density at radius 2 is 1.97 bits per heavy atom. The van der Waals surface area contributed by atoms with Gasteiger partial charge in [0.05, 0.1) is 13.2 Å². The number of piperidine rings is 1. The monoisotopic (exact) mass is 429 g/mol. The number of benzene rings is 1. The number of aryl methyl sites for hydroxylation is 1. The Morgan fingerprint density at radius 1 is 1.19 bits per heavy atom. The van der Waals surface area contributed by atoms with Gasteiger partial charge in [-0.2, -0.15) is 4.98 Å². The summed E-state index contributed by atoms with van der Waals surface area (Å²) >= 11 is 0. The van der Waals surface area contributed by atoms with Crippen LogP contribution in [0, 0.1) is 0 Å². The van der Waals surface area contributed by atoms with E-state index < -0.39 is 0 Å². The zero-order valence-corrected chi connectivity index (χ0v) is 19.0. The van der Waals surface area contributed by atoms with Crippen LogP contribution in [0.3, 0.4) is 0 Å². The van der Waals surface area contributed by atoms with Crippen LogP contribution in [-0.4, -0.2) is 67.5 Å². The lowest BCUT2D eigenvalue weighted by Crippen LogP contribution is -2.47. The zero-order valence-electron chi connectivity index (χ0n) is 19.0. The fourth-order valence-corrected chi connectivity index (χ4v) is 3.79. The highest BCUT2D eigenvalue weighted by molar-refractivity contribution is 5.79. The van der Waals surface area contributed by atoms with Gasteiger partial charge in [0.2, 0.25) is 11.7 Å². The first-order valence-corrected chi connectivity index (χ1v) is 11.3. The van der Waals surface area contributed by atoms with Crippen LogP contribution < -0.4 is 10.1 Å². The smallest absolute Gasteiger partial charge is 0.226 e. The van der Waals surface area contributed by atoms with E-state index in [1.807, 2.05) is 31.3 Å². The van der Waals surface area contributed by atoms with Gasteiger partial charge in [0.1, 0.15) is 5.75 Å². The predicted molar refractivity (Wildman–Crippen MR) is 121 cm³/mol. The van der Waals surface area contributed by atoms with Crippen LogP contribution in [0.1, 0.15) is 44.9 Å². The van der Waals surface area contributed by atoms with Crippen molar-refractivity contribution >= 4 is 5.96 Å². The fraction of sp³-hybridized carbons (Fsp3) is 0.609. The summed E-state index contributed by atoms with van der Waals surface area (Å²) in [5, 5.41) is 7.58. The molecular formula is C23H35N5O3. The van der Waals surface area contributed by atoms with Crippen molar-refractivity contribution in [3.05, 3.63) is 30.2 Å². The van der Waals surface area contributed by atoms with Crippen molar-refractivity contribution in [3.63, 3.8) is 0 Å². The summed E-state index contributed by atoms with van der Waals surface area (Å²) in [6.07, 6.45) is 6.51. The topological polar surface area (TPSA) is 85.0 Å². The Kier molecular flexibility index (Phi) is 9.15. The van der Waals surface area contributed by atoms with Crippen molar-refractivity contribution in [2.45, 2.75) is 51.6 Å². The van der Waals surface area contributed by atoms with E-state index in [1.165, 1.54) is 0 Å². The predicted octanol–water partition coefficient (Wildman–Crippen LogP) is 3.53. The highest BCUT2D eigenvalue weighted by Crippen LogP contribution is 2.20. The van der Waals surface area contributed by atoms with Crippen molar-refractivity contribution in [1.82, 2.24) is 20.4 Å². The molecule has 2 heterocycles. The molecule has 1 aromatic heterocycles. The Bertz CT molecular complexity index is 798. The summed E-state index contributed by atoms with van der Waals surface area (Å²) in [4.78, 5) is 11.3. The number of methoxy groups -OCH3 is 1. The molecule has 0 spiro atoms. The lowest BCUT2D eigenvalue weighted by molar-refractivity contribution is 0.0264. The number of guanidine groups is 1. The minimum absolute atomic E-state index is 0.397. The van der Waals surface area contributed by atoms with Gasteiger partial charge in [-0.15, -0.1) is 0 Å². The SMILES string of the molecule is CCOC1CCN(C(=NC)NCCCCCc2nc(-c3ccc(OC)cc3)no2)CC1. The van der Waals surface area contributed by atoms with Crippen molar-refractivity contribution in [2.75, 3.05) is 40.4 Å². The van der Waals surface area contributed by atoms with Gasteiger partial charge in [0.15, 0.2) is 5.96 Å². The molecule has 170 valence electrons. The molecule has 1 saturated heterocycles. The lowest BCUT2D eigenvalue weighted by atomic mass is 10.1. The second kappa shape index (κ2) is 12.3. The third kappa shape index (κ3) is 6.95. The molecule has 1 aliphatic rings. The Balaban J connectivity index is 1.32. The first kappa shape index (κ1) is 23.1. The normalized spacial score (nSPS) is 15.3. The molecule has 3 rings (SSSR count). The zero-order chi connectivity index (χ0) is 21.9. The largest absolute Gasteiger partial charge is 0.497 e. The number of nitrogens with one attached hydrogen (secondary N) is 1. The molecule has 1 aliphatic heterocycles. The van der Waals surface area contributed by atoms with Crippen LogP contribution in [0.4, 0.5) is 0 Å². The summed E-state index contributed by atoms with van der Waals surface area (Å²) in [6.45, 7) is 5.77. The van der Waals surface area contributed by atoms with Crippen LogP contribution in [0.15, 0.2) is 33.8 Å². The van der Waals surface area contributed by atoms with Crippen LogP contribution >= 0.6 is 0 Å². The summed E-state index contributed by atoms with van der Waals surface area (Å²) in [6, 6.07) is 7.66. The highest BCUT2D eigenvalue weighted by atomic mass is 16.5. The van der Waals surface area contributed by atoms with E-state index in [0.29, 0.717) is 17.8 Å². The average Bonchev–Trinajstić information content (AvgIpc) is 3.28. The van der Waals surface area contributed by atoms with Gasteiger partial charge in [0.25, 0.3) is 0 Å². The molecule has 0 bridgehead atoms. The van der Waals surface area contributed by atoms with Gasteiger partial charge in [-0.3, -0.25) is 4.99 Å². The second-order valence-electron chi connectivity index (χ2n) is 7.67. The Labute approximate surface area is 185 Å². The van der Waals surface area contributed by atoms with E-state index in [0.717, 1.165) is 82.0 Å². The van der Waals surface area contributed by atoms with E-state index >= 15 is 0 Å². The van der Waals surface area contributed by atoms with Crippen LogP contribution in [-0.2, 0) is 11.2 Å². The quantitative estimate of drug-likeness (QED) is 0.351. The molecular weight excluding hydrogens is 394 g/mol. The first-order valence-electron chi connectivity index (χ1n) is 11.3. The van der Waals surface area contributed by atoms with Crippen molar-refractivity contribution in [3.8, 4) is 17.1 Å². The summed E-state index contributed by atoms with van der Waals surface area (Å²) in [5.74, 6) is 3.12. The molecule has 0 saturated carbocycles. The van der Waals surface area contributed by atoms with Crippen molar-refractivity contribution in [2.24, 2.45) is 4.99 Å². The van der Waals surface area contributed by atoms with Crippen LogP contribution in [0.2, 0.25) is 0 Å². The molecule has 0 aliphatic carbocycles. The third-order valence-corrected chi connectivity index (χ3v) is 5.52. The van der Waals surface area contributed by atoms with E-state index in [9.17, 15) is 0 Å². The summed E-state index contributed by atoms with van der Waals surface area (Å²) in [7, 11) is 3.51. The number of ether oxygens (including phenoxy) is 2. The molecule has 8 heteroatoms. The maximum Gasteiger partial charge on any atom is 0.226 e. The first-order chi connectivity index (χ1) is 15.2. The molecule has 8 nitrogen and oxygen atoms in total.